The second-order valence-corrected chi connectivity index (χ2v) is 7.25. The van der Waals surface area contributed by atoms with Crippen LogP contribution >= 0.6 is 45.2 Å². The van der Waals surface area contributed by atoms with Crippen LogP contribution in [0.1, 0.15) is 10.4 Å². The predicted molar refractivity (Wildman–Crippen MR) is 77.4 cm³/mol. The molecule has 0 saturated heterocycles. The Hall–Kier alpha value is -0.310. The molecule has 11 heteroatoms. The van der Waals surface area contributed by atoms with Crippen molar-refractivity contribution < 1.29 is 31.5 Å². The van der Waals surface area contributed by atoms with Crippen LogP contribution < -0.4 is 4.72 Å². The highest BCUT2D eigenvalue weighted by Gasteiger charge is 2.46. The summed E-state index contributed by atoms with van der Waals surface area (Å²) in [6.07, 6.45) is 0. The van der Waals surface area contributed by atoms with E-state index < -0.39 is 32.8 Å². The van der Waals surface area contributed by atoms with Gasteiger partial charge in [0.1, 0.15) is 0 Å². The summed E-state index contributed by atoms with van der Waals surface area (Å²) in [5.41, 5.74) is -6.68. The van der Waals surface area contributed by atoms with Crippen molar-refractivity contribution in [1.82, 2.24) is 0 Å². The number of carboxylic acid groups (broad SMARTS) is 1. The third-order valence-electron chi connectivity index (χ3n) is 1.83. The molecule has 106 valence electrons. The van der Waals surface area contributed by atoms with Crippen LogP contribution in [-0.4, -0.2) is 25.0 Å². The van der Waals surface area contributed by atoms with Gasteiger partial charge in [0.15, 0.2) is 0 Å². The molecule has 0 bridgehead atoms. The summed E-state index contributed by atoms with van der Waals surface area (Å²) in [6.45, 7) is 0. The SMILES string of the molecule is O=C(O)c1cc(I)cc(I)c1NS(=O)(=O)C(F)(F)F. The van der Waals surface area contributed by atoms with Crippen molar-refractivity contribution in [2.75, 3.05) is 4.72 Å². The topological polar surface area (TPSA) is 83.5 Å². The van der Waals surface area contributed by atoms with E-state index >= 15 is 0 Å². The van der Waals surface area contributed by atoms with Gasteiger partial charge >= 0.3 is 21.5 Å². The first-order valence-corrected chi connectivity index (χ1v) is 7.91. The van der Waals surface area contributed by atoms with E-state index in [1.54, 1.807) is 45.2 Å². The summed E-state index contributed by atoms with van der Waals surface area (Å²) in [6, 6.07) is 2.42. The lowest BCUT2D eigenvalue weighted by molar-refractivity contribution is -0.0429. The number of carboxylic acids is 1. The van der Waals surface area contributed by atoms with Crippen molar-refractivity contribution in [3.63, 3.8) is 0 Å². The van der Waals surface area contributed by atoms with Gasteiger partial charge in [-0.15, -0.1) is 0 Å². The number of sulfonamides is 1. The highest BCUT2D eigenvalue weighted by molar-refractivity contribution is 14.1. The Kier molecular flexibility index (Phi) is 4.93. The van der Waals surface area contributed by atoms with Crippen molar-refractivity contribution in [3.05, 3.63) is 24.8 Å². The van der Waals surface area contributed by atoms with Gasteiger partial charge < -0.3 is 5.11 Å². The molecule has 1 aromatic rings. The largest absolute Gasteiger partial charge is 0.516 e. The zero-order valence-corrected chi connectivity index (χ0v) is 13.8. The molecular formula is C8H4F3I2NO4S. The Morgan fingerprint density at radius 3 is 2.21 bits per heavy atom. The molecule has 0 fully saturated rings. The predicted octanol–water partition coefficient (Wildman–Crippen LogP) is 2.86. The lowest BCUT2D eigenvalue weighted by Gasteiger charge is -2.14. The van der Waals surface area contributed by atoms with E-state index in [1.165, 1.54) is 10.8 Å². The van der Waals surface area contributed by atoms with Crippen molar-refractivity contribution in [1.29, 1.82) is 0 Å². The molecule has 1 rings (SSSR count). The maximum absolute atomic E-state index is 12.3. The van der Waals surface area contributed by atoms with Gasteiger partial charge in [-0.25, -0.2) is 4.79 Å². The molecule has 0 aliphatic heterocycles. The zero-order chi connectivity index (χ0) is 15.0. The molecule has 0 aliphatic rings. The first-order valence-electron chi connectivity index (χ1n) is 4.27. The molecule has 0 heterocycles. The summed E-state index contributed by atoms with van der Waals surface area (Å²) in [5, 5.41) is 8.89. The quantitative estimate of drug-likeness (QED) is 0.600. The number of hydrogen-bond acceptors (Lipinski definition) is 3. The summed E-state index contributed by atoms with van der Waals surface area (Å²) >= 11 is 3.32. The molecule has 19 heavy (non-hydrogen) atoms. The van der Waals surface area contributed by atoms with Crippen molar-refractivity contribution >= 4 is 66.9 Å². The Morgan fingerprint density at radius 1 is 1.26 bits per heavy atom. The molecule has 1 aromatic carbocycles. The van der Waals surface area contributed by atoms with Crippen molar-refractivity contribution in [3.8, 4) is 0 Å². The fourth-order valence-electron chi connectivity index (χ4n) is 1.04. The van der Waals surface area contributed by atoms with Gasteiger partial charge in [-0.1, -0.05) is 0 Å². The lowest BCUT2D eigenvalue weighted by Crippen LogP contribution is -2.31. The molecule has 0 saturated carbocycles. The Morgan fingerprint density at radius 2 is 1.79 bits per heavy atom. The first kappa shape index (κ1) is 16.7. The van der Waals surface area contributed by atoms with Crippen LogP contribution in [-0.2, 0) is 10.0 Å². The van der Waals surface area contributed by atoms with E-state index in [0.717, 1.165) is 6.07 Å². The van der Waals surface area contributed by atoms with Gasteiger partial charge in [0.25, 0.3) is 0 Å². The Bertz CT molecular complexity index is 630. The standard InChI is InChI=1S/C8H4F3I2NO4S/c9-8(10,11)19(17,18)14-6-4(7(15)16)1-3(12)2-5(6)13/h1-2,14H,(H,15,16). The van der Waals surface area contributed by atoms with E-state index in [9.17, 15) is 26.4 Å². The smallest absolute Gasteiger partial charge is 0.478 e. The van der Waals surface area contributed by atoms with Crippen LogP contribution in [0.25, 0.3) is 0 Å². The maximum atomic E-state index is 12.3. The lowest BCUT2D eigenvalue weighted by atomic mass is 10.2. The van der Waals surface area contributed by atoms with Gasteiger partial charge in [0.05, 0.1) is 11.3 Å². The second-order valence-electron chi connectivity index (χ2n) is 3.17. The minimum Gasteiger partial charge on any atom is -0.478 e. The number of aromatic carboxylic acids is 1. The minimum atomic E-state index is -5.66. The number of halogens is 5. The average molecular weight is 521 g/mol. The fourth-order valence-corrected chi connectivity index (χ4v) is 3.81. The number of rotatable bonds is 3. The van der Waals surface area contributed by atoms with Crippen LogP contribution in [0.2, 0.25) is 0 Å². The highest BCUT2D eigenvalue weighted by atomic mass is 127. The molecule has 0 aromatic heterocycles. The van der Waals surface area contributed by atoms with Crippen molar-refractivity contribution in [2.45, 2.75) is 5.51 Å². The van der Waals surface area contributed by atoms with Gasteiger partial charge in [-0.2, -0.15) is 21.6 Å². The van der Waals surface area contributed by atoms with Crippen LogP contribution in [0.4, 0.5) is 18.9 Å². The molecule has 2 N–H and O–H groups in total. The molecule has 0 unspecified atom stereocenters. The van der Waals surface area contributed by atoms with E-state index in [0.29, 0.717) is 3.57 Å². The maximum Gasteiger partial charge on any atom is 0.516 e. The second kappa shape index (κ2) is 5.59. The average Bonchev–Trinajstić information content (AvgIpc) is 2.19. The molecular weight excluding hydrogens is 517 g/mol. The fraction of sp³-hybridized carbons (Fsp3) is 0.125. The van der Waals surface area contributed by atoms with E-state index in [-0.39, 0.29) is 3.57 Å². The van der Waals surface area contributed by atoms with Gasteiger partial charge in [0.2, 0.25) is 0 Å². The number of nitrogens with one attached hydrogen (secondary N) is 1. The number of benzene rings is 1. The summed E-state index contributed by atoms with van der Waals surface area (Å²) in [7, 11) is -5.66. The number of anilines is 1. The number of hydrogen-bond donors (Lipinski definition) is 2. The van der Waals surface area contributed by atoms with Gasteiger partial charge in [-0.3, -0.25) is 4.72 Å². The van der Waals surface area contributed by atoms with Crippen LogP contribution in [0, 0.1) is 7.14 Å². The van der Waals surface area contributed by atoms with E-state index in [4.69, 9.17) is 5.11 Å². The van der Waals surface area contributed by atoms with E-state index in [2.05, 4.69) is 0 Å². The first-order chi connectivity index (χ1) is 8.45. The monoisotopic (exact) mass is 521 g/mol. The Labute approximate surface area is 132 Å². The summed E-state index contributed by atoms with van der Waals surface area (Å²) < 4.78 is 60.5. The minimum absolute atomic E-state index is 0.0507. The van der Waals surface area contributed by atoms with Crippen molar-refractivity contribution in [2.24, 2.45) is 0 Å². The summed E-state index contributed by atoms with van der Waals surface area (Å²) in [4.78, 5) is 10.9. The zero-order valence-electron chi connectivity index (χ0n) is 8.62. The Balaban J connectivity index is 3.41. The van der Waals surface area contributed by atoms with Crippen LogP contribution in [0.5, 0.6) is 0 Å². The third-order valence-corrected chi connectivity index (χ3v) is 4.38. The van der Waals surface area contributed by atoms with Crippen LogP contribution in [0.3, 0.4) is 0 Å². The van der Waals surface area contributed by atoms with E-state index in [1.807, 2.05) is 0 Å². The molecule has 0 atom stereocenters. The van der Waals surface area contributed by atoms with Gasteiger partial charge in [-0.05, 0) is 57.3 Å². The van der Waals surface area contributed by atoms with Crippen LogP contribution in [0.15, 0.2) is 12.1 Å². The molecule has 0 radical (unpaired) electrons. The molecule has 0 aliphatic carbocycles. The number of alkyl halides is 3. The number of carbonyl (C=O) groups is 1. The summed E-state index contributed by atoms with van der Waals surface area (Å²) in [5.74, 6) is -1.53. The molecule has 5 nitrogen and oxygen atoms in total. The normalized spacial score (nSPS) is 12.3. The third kappa shape index (κ3) is 3.84. The highest BCUT2D eigenvalue weighted by Crippen LogP contribution is 2.31. The molecule has 0 spiro atoms. The molecule has 0 amide bonds. The van der Waals surface area contributed by atoms with Gasteiger partial charge in [0, 0.05) is 7.14 Å².